The van der Waals surface area contributed by atoms with Crippen LogP contribution in [0.25, 0.3) is 0 Å². The highest BCUT2D eigenvalue weighted by Crippen LogP contribution is 2.23. The van der Waals surface area contributed by atoms with E-state index in [0.29, 0.717) is 5.56 Å². The molecule has 0 saturated carbocycles. The first-order valence-corrected chi connectivity index (χ1v) is 7.18. The van der Waals surface area contributed by atoms with Crippen molar-refractivity contribution in [2.45, 2.75) is 31.7 Å². The predicted octanol–water partition coefficient (Wildman–Crippen LogP) is 4.35. The summed E-state index contributed by atoms with van der Waals surface area (Å²) < 4.78 is 1.62. The largest absolute Gasteiger partial charge is 0.346 e. The Morgan fingerprint density at radius 2 is 2.00 bits per heavy atom. The molecule has 0 fully saturated rings. The number of carbonyl (C=O) groups excluding carboxylic acids is 1. The molecule has 0 heterocycles. The van der Waals surface area contributed by atoms with Crippen molar-refractivity contribution >= 4 is 49.4 Å². The number of benzene rings is 1. The maximum absolute atomic E-state index is 12.1. The van der Waals surface area contributed by atoms with Gasteiger partial charge >= 0.3 is 0 Å². The fourth-order valence-electron chi connectivity index (χ4n) is 1.13. The molecule has 1 rings (SSSR count). The monoisotopic (exact) mass is 381 g/mol. The van der Waals surface area contributed by atoms with Gasteiger partial charge in [-0.2, -0.15) is 0 Å². The quantitative estimate of drug-likeness (QED) is 0.773. The van der Waals surface area contributed by atoms with E-state index >= 15 is 0 Å². The molecule has 1 N–H and O–H groups in total. The van der Waals surface area contributed by atoms with Gasteiger partial charge in [-0.1, -0.05) is 15.9 Å². The first-order valence-electron chi connectivity index (χ1n) is 5.15. The molecule has 0 aliphatic carbocycles. The van der Waals surface area contributed by atoms with Crippen LogP contribution in [0.3, 0.4) is 0 Å². The van der Waals surface area contributed by atoms with Crippen molar-refractivity contribution in [3.63, 3.8) is 0 Å². The number of hydrogen-bond donors (Lipinski definition) is 1. The first kappa shape index (κ1) is 15.0. The Hall–Kier alpha value is -0.0600. The van der Waals surface area contributed by atoms with Crippen LogP contribution in [0.4, 0.5) is 0 Å². The molecule has 0 saturated heterocycles. The Kier molecular flexibility index (Phi) is 5.05. The van der Waals surface area contributed by atoms with E-state index < -0.39 is 5.54 Å². The lowest BCUT2D eigenvalue weighted by Gasteiger charge is -2.29. The van der Waals surface area contributed by atoms with Crippen LogP contribution in [0, 0.1) is 0 Å². The number of carbonyl (C=O) groups is 1. The number of halogens is 3. The second-order valence-corrected chi connectivity index (χ2v) is 6.84. The van der Waals surface area contributed by atoms with Crippen molar-refractivity contribution in [3.8, 4) is 0 Å². The molecule has 0 aromatic heterocycles. The van der Waals surface area contributed by atoms with E-state index in [0.717, 1.165) is 8.95 Å². The summed E-state index contributed by atoms with van der Waals surface area (Å²) in [5, 5.41) is 2.76. The molecule has 1 amide bonds. The minimum atomic E-state index is -0.458. The summed E-state index contributed by atoms with van der Waals surface area (Å²) in [6.45, 7) is 5.65. The SMILES string of the molecule is CC(Cl)C(C)(C)NC(=O)c1cc(Br)ccc1Br. The Labute approximate surface area is 123 Å². The fourth-order valence-corrected chi connectivity index (χ4v) is 1.97. The molecule has 1 aromatic rings. The van der Waals surface area contributed by atoms with E-state index in [-0.39, 0.29) is 11.3 Å². The molecule has 0 radical (unpaired) electrons. The summed E-state index contributed by atoms with van der Waals surface area (Å²) in [5.41, 5.74) is 0.130. The second-order valence-electron chi connectivity index (χ2n) is 4.42. The zero-order valence-corrected chi connectivity index (χ0v) is 13.8. The van der Waals surface area contributed by atoms with E-state index in [2.05, 4.69) is 37.2 Å². The highest BCUT2D eigenvalue weighted by atomic mass is 79.9. The van der Waals surface area contributed by atoms with Gasteiger partial charge in [0.2, 0.25) is 0 Å². The van der Waals surface area contributed by atoms with Crippen LogP contribution in [-0.2, 0) is 0 Å². The highest BCUT2D eigenvalue weighted by Gasteiger charge is 2.27. The molecule has 0 bridgehead atoms. The van der Waals surface area contributed by atoms with Crippen LogP contribution in [0.1, 0.15) is 31.1 Å². The summed E-state index contributed by atoms with van der Waals surface area (Å²) in [7, 11) is 0. The van der Waals surface area contributed by atoms with Crippen molar-refractivity contribution in [1.82, 2.24) is 5.32 Å². The predicted molar refractivity (Wildman–Crippen MR) is 78.7 cm³/mol. The fraction of sp³-hybridized carbons (Fsp3) is 0.417. The van der Waals surface area contributed by atoms with Crippen molar-refractivity contribution < 1.29 is 4.79 Å². The highest BCUT2D eigenvalue weighted by molar-refractivity contribution is 9.11. The van der Waals surface area contributed by atoms with Crippen LogP contribution >= 0.6 is 43.5 Å². The molecular formula is C12H14Br2ClNO. The van der Waals surface area contributed by atoms with Crippen LogP contribution in [0.2, 0.25) is 0 Å². The summed E-state index contributed by atoms with van der Waals surface area (Å²) in [5.74, 6) is -0.143. The number of alkyl halides is 1. The van der Waals surface area contributed by atoms with Gasteiger partial charge in [0.05, 0.1) is 16.5 Å². The molecule has 2 nitrogen and oxygen atoms in total. The van der Waals surface area contributed by atoms with Gasteiger partial charge in [-0.3, -0.25) is 4.79 Å². The second kappa shape index (κ2) is 5.72. The molecule has 0 aliphatic heterocycles. The van der Waals surface area contributed by atoms with E-state index in [4.69, 9.17) is 11.6 Å². The van der Waals surface area contributed by atoms with Gasteiger partial charge in [0, 0.05) is 8.95 Å². The van der Waals surface area contributed by atoms with Gasteiger partial charge in [0.15, 0.2) is 0 Å². The summed E-state index contributed by atoms with van der Waals surface area (Å²) in [4.78, 5) is 12.1. The van der Waals surface area contributed by atoms with Crippen LogP contribution in [0.15, 0.2) is 27.1 Å². The molecule has 94 valence electrons. The van der Waals surface area contributed by atoms with Gasteiger partial charge in [0.25, 0.3) is 5.91 Å². The van der Waals surface area contributed by atoms with Gasteiger partial charge in [-0.05, 0) is 54.9 Å². The zero-order chi connectivity index (χ0) is 13.2. The number of rotatable bonds is 3. The number of amides is 1. The molecule has 17 heavy (non-hydrogen) atoms. The summed E-state index contributed by atoms with van der Waals surface area (Å²) >= 11 is 12.7. The lowest BCUT2D eigenvalue weighted by atomic mass is 10.0. The Morgan fingerprint density at radius 3 is 2.53 bits per heavy atom. The average Bonchev–Trinajstić information content (AvgIpc) is 2.20. The normalized spacial score (nSPS) is 13.3. The van der Waals surface area contributed by atoms with Gasteiger partial charge in [0.1, 0.15) is 0 Å². The van der Waals surface area contributed by atoms with Gasteiger partial charge in [-0.15, -0.1) is 11.6 Å². The molecular weight excluding hydrogens is 369 g/mol. The van der Waals surface area contributed by atoms with Crippen LogP contribution in [-0.4, -0.2) is 16.8 Å². The first-order chi connectivity index (χ1) is 7.74. The van der Waals surface area contributed by atoms with Crippen LogP contribution in [0.5, 0.6) is 0 Å². The summed E-state index contributed by atoms with van der Waals surface area (Å²) in [6.07, 6.45) is 0. The van der Waals surface area contributed by atoms with E-state index in [1.165, 1.54) is 0 Å². The molecule has 0 spiro atoms. The molecule has 1 unspecified atom stereocenters. The lowest BCUT2D eigenvalue weighted by molar-refractivity contribution is 0.0911. The maximum Gasteiger partial charge on any atom is 0.252 e. The third-order valence-corrected chi connectivity index (χ3v) is 4.33. The number of hydrogen-bond acceptors (Lipinski definition) is 1. The van der Waals surface area contributed by atoms with Crippen molar-refractivity contribution in [1.29, 1.82) is 0 Å². The Bertz CT molecular complexity index is 433. The van der Waals surface area contributed by atoms with E-state index in [1.807, 2.05) is 32.9 Å². The minimum absolute atomic E-state index is 0.143. The standard InChI is InChI=1S/C12H14Br2ClNO/c1-7(15)12(2,3)16-11(17)9-6-8(13)4-5-10(9)14/h4-7H,1-3H3,(H,16,17). The zero-order valence-electron chi connectivity index (χ0n) is 9.85. The molecule has 1 atom stereocenters. The van der Waals surface area contributed by atoms with E-state index in [9.17, 15) is 4.79 Å². The Morgan fingerprint density at radius 1 is 1.41 bits per heavy atom. The van der Waals surface area contributed by atoms with E-state index in [1.54, 1.807) is 6.07 Å². The van der Waals surface area contributed by atoms with Crippen molar-refractivity contribution in [2.24, 2.45) is 0 Å². The minimum Gasteiger partial charge on any atom is -0.346 e. The molecule has 5 heteroatoms. The smallest absolute Gasteiger partial charge is 0.252 e. The van der Waals surface area contributed by atoms with Crippen LogP contribution < -0.4 is 5.32 Å². The Balaban J connectivity index is 2.94. The maximum atomic E-state index is 12.1. The van der Waals surface area contributed by atoms with Crippen molar-refractivity contribution in [2.75, 3.05) is 0 Å². The third-order valence-electron chi connectivity index (χ3n) is 2.60. The van der Waals surface area contributed by atoms with Gasteiger partial charge in [-0.25, -0.2) is 0 Å². The third kappa shape index (κ3) is 3.97. The summed E-state index contributed by atoms with van der Waals surface area (Å²) in [6, 6.07) is 5.47. The lowest BCUT2D eigenvalue weighted by Crippen LogP contribution is -2.49. The topological polar surface area (TPSA) is 29.1 Å². The average molecular weight is 384 g/mol. The van der Waals surface area contributed by atoms with Crippen molar-refractivity contribution in [3.05, 3.63) is 32.7 Å². The number of nitrogens with one attached hydrogen (secondary N) is 1. The molecule has 1 aromatic carbocycles. The van der Waals surface area contributed by atoms with Gasteiger partial charge < -0.3 is 5.32 Å². The molecule has 0 aliphatic rings.